The van der Waals surface area contributed by atoms with Crippen LogP contribution in [0.4, 0.5) is 5.13 Å². The van der Waals surface area contributed by atoms with Crippen molar-refractivity contribution in [1.82, 2.24) is 14.3 Å². The number of ether oxygens (including phenoxy) is 2. The highest BCUT2D eigenvalue weighted by Gasteiger charge is 2.30. The van der Waals surface area contributed by atoms with Crippen LogP contribution in [-0.2, 0) is 20.9 Å². The van der Waals surface area contributed by atoms with Crippen LogP contribution >= 0.6 is 11.5 Å². The minimum absolute atomic E-state index is 0.143. The Kier molecular flexibility index (Phi) is 4.67. The van der Waals surface area contributed by atoms with Crippen LogP contribution < -0.4 is 4.90 Å². The topological polar surface area (TPSA) is 67.8 Å². The standard InChI is InChI=1S/C13H20N4O3S/c1-19-9-11-14-13(21-15-11)17-6-4-16(5-7-17)12(18)10-3-2-8-20-10/h10H,2-9H2,1H3. The molecule has 7 nitrogen and oxygen atoms in total. The molecule has 0 saturated carbocycles. The van der Waals surface area contributed by atoms with Crippen molar-refractivity contribution in [2.45, 2.75) is 25.6 Å². The lowest BCUT2D eigenvalue weighted by atomic mass is 10.2. The Hall–Kier alpha value is -1.25. The molecule has 0 bridgehead atoms. The Morgan fingerprint density at radius 2 is 2.24 bits per heavy atom. The molecule has 2 aliphatic rings. The number of nitrogens with zero attached hydrogens (tertiary/aromatic N) is 4. The van der Waals surface area contributed by atoms with Gasteiger partial charge in [0.1, 0.15) is 12.7 Å². The lowest BCUT2D eigenvalue weighted by molar-refractivity contribution is -0.141. The molecule has 0 aliphatic carbocycles. The third kappa shape index (κ3) is 3.33. The van der Waals surface area contributed by atoms with E-state index in [2.05, 4.69) is 14.3 Å². The molecule has 21 heavy (non-hydrogen) atoms. The second-order valence-electron chi connectivity index (χ2n) is 5.24. The lowest BCUT2D eigenvalue weighted by Gasteiger charge is -2.35. The van der Waals surface area contributed by atoms with E-state index in [1.807, 2.05) is 4.90 Å². The fourth-order valence-electron chi connectivity index (χ4n) is 2.66. The first-order valence-corrected chi connectivity index (χ1v) is 8.02. The van der Waals surface area contributed by atoms with Gasteiger partial charge < -0.3 is 19.3 Å². The van der Waals surface area contributed by atoms with Crippen LogP contribution in [0.2, 0.25) is 0 Å². The monoisotopic (exact) mass is 312 g/mol. The summed E-state index contributed by atoms with van der Waals surface area (Å²) in [6.45, 7) is 4.17. The van der Waals surface area contributed by atoms with Crippen LogP contribution in [0.15, 0.2) is 0 Å². The zero-order valence-corrected chi connectivity index (χ0v) is 13.0. The van der Waals surface area contributed by atoms with Crippen molar-refractivity contribution in [3.8, 4) is 0 Å². The van der Waals surface area contributed by atoms with E-state index in [1.165, 1.54) is 11.5 Å². The van der Waals surface area contributed by atoms with Gasteiger partial charge in [-0.3, -0.25) is 4.79 Å². The maximum atomic E-state index is 12.3. The summed E-state index contributed by atoms with van der Waals surface area (Å²) < 4.78 is 14.8. The van der Waals surface area contributed by atoms with Crippen LogP contribution in [-0.4, -0.2) is 66.2 Å². The number of anilines is 1. The van der Waals surface area contributed by atoms with Crippen molar-refractivity contribution < 1.29 is 14.3 Å². The van der Waals surface area contributed by atoms with Gasteiger partial charge in [-0.1, -0.05) is 0 Å². The summed E-state index contributed by atoms with van der Waals surface area (Å²) in [6, 6.07) is 0. The van der Waals surface area contributed by atoms with Gasteiger partial charge in [-0.15, -0.1) is 0 Å². The van der Waals surface area contributed by atoms with E-state index in [9.17, 15) is 4.79 Å². The molecular formula is C13H20N4O3S. The molecule has 0 N–H and O–H groups in total. The second kappa shape index (κ2) is 6.67. The van der Waals surface area contributed by atoms with Crippen LogP contribution in [0, 0.1) is 0 Å². The van der Waals surface area contributed by atoms with Crippen molar-refractivity contribution in [3.63, 3.8) is 0 Å². The van der Waals surface area contributed by atoms with E-state index in [1.54, 1.807) is 7.11 Å². The molecule has 1 unspecified atom stereocenters. The van der Waals surface area contributed by atoms with Gasteiger partial charge in [0.15, 0.2) is 5.82 Å². The van der Waals surface area contributed by atoms with Gasteiger partial charge >= 0.3 is 0 Å². The number of rotatable bonds is 4. The quantitative estimate of drug-likeness (QED) is 0.807. The van der Waals surface area contributed by atoms with Gasteiger partial charge in [0.25, 0.3) is 5.91 Å². The van der Waals surface area contributed by atoms with Crippen molar-refractivity contribution in [2.75, 3.05) is 44.8 Å². The van der Waals surface area contributed by atoms with E-state index in [-0.39, 0.29) is 12.0 Å². The first-order chi connectivity index (χ1) is 10.3. The normalized spacial score (nSPS) is 22.8. The van der Waals surface area contributed by atoms with Gasteiger partial charge in [-0.05, 0) is 12.8 Å². The molecule has 0 aromatic carbocycles. The number of piperazine rings is 1. The van der Waals surface area contributed by atoms with E-state index in [4.69, 9.17) is 9.47 Å². The molecule has 0 radical (unpaired) electrons. The summed E-state index contributed by atoms with van der Waals surface area (Å²) in [6.07, 6.45) is 1.63. The number of amides is 1. The molecule has 1 atom stereocenters. The van der Waals surface area contributed by atoms with Crippen LogP contribution in [0.3, 0.4) is 0 Å². The minimum atomic E-state index is -0.216. The molecule has 2 aliphatic heterocycles. The molecule has 2 fully saturated rings. The molecule has 2 saturated heterocycles. The summed E-state index contributed by atoms with van der Waals surface area (Å²) >= 11 is 1.39. The van der Waals surface area contributed by atoms with Crippen LogP contribution in [0.25, 0.3) is 0 Å². The molecule has 1 aromatic heterocycles. The number of aromatic nitrogens is 2. The first kappa shape index (κ1) is 14.7. The van der Waals surface area contributed by atoms with Crippen molar-refractivity contribution in [1.29, 1.82) is 0 Å². The maximum absolute atomic E-state index is 12.3. The summed E-state index contributed by atoms with van der Waals surface area (Å²) in [5.74, 6) is 0.861. The van der Waals surface area contributed by atoms with Crippen molar-refractivity contribution in [2.24, 2.45) is 0 Å². The van der Waals surface area contributed by atoms with E-state index in [0.29, 0.717) is 13.2 Å². The Bertz CT molecular complexity index is 482. The molecule has 3 heterocycles. The van der Waals surface area contributed by atoms with E-state index < -0.39 is 0 Å². The number of carbonyl (C=O) groups excluding carboxylic acids is 1. The number of carbonyl (C=O) groups is 1. The average Bonchev–Trinajstić information content (AvgIpc) is 3.19. The fraction of sp³-hybridized carbons (Fsp3) is 0.769. The predicted octanol–water partition coefficient (Wildman–Crippen LogP) is 0.512. The Morgan fingerprint density at radius 1 is 1.43 bits per heavy atom. The zero-order chi connectivity index (χ0) is 14.7. The first-order valence-electron chi connectivity index (χ1n) is 7.25. The van der Waals surface area contributed by atoms with Crippen LogP contribution in [0.5, 0.6) is 0 Å². The van der Waals surface area contributed by atoms with E-state index in [0.717, 1.165) is 50.0 Å². The van der Waals surface area contributed by atoms with Gasteiger partial charge in [-0.25, -0.2) is 4.98 Å². The minimum Gasteiger partial charge on any atom is -0.377 e. The SMILES string of the molecule is COCc1nsc(N2CCN(C(=O)C3CCCO3)CC2)n1. The van der Waals surface area contributed by atoms with Gasteiger partial charge in [0, 0.05) is 51.4 Å². The van der Waals surface area contributed by atoms with Gasteiger partial charge in [0.05, 0.1) is 0 Å². The fourth-order valence-corrected chi connectivity index (χ4v) is 3.38. The smallest absolute Gasteiger partial charge is 0.251 e. The summed E-state index contributed by atoms with van der Waals surface area (Å²) in [5, 5.41) is 0.909. The highest BCUT2D eigenvalue weighted by atomic mass is 32.1. The average molecular weight is 312 g/mol. The lowest BCUT2D eigenvalue weighted by Crippen LogP contribution is -2.51. The Labute approximate surface area is 128 Å². The number of hydrogen-bond acceptors (Lipinski definition) is 7. The maximum Gasteiger partial charge on any atom is 0.251 e. The highest BCUT2D eigenvalue weighted by Crippen LogP contribution is 2.21. The molecule has 0 spiro atoms. The highest BCUT2D eigenvalue weighted by molar-refractivity contribution is 7.09. The Balaban J connectivity index is 1.53. The molecule has 1 amide bonds. The zero-order valence-electron chi connectivity index (χ0n) is 12.2. The number of hydrogen-bond donors (Lipinski definition) is 0. The third-order valence-electron chi connectivity index (χ3n) is 3.80. The molecule has 1 aromatic rings. The Morgan fingerprint density at radius 3 is 2.90 bits per heavy atom. The summed E-state index contributed by atoms with van der Waals surface area (Å²) in [4.78, 5) is 20.8. The van der Waals surface area contributed by atoms with Crippen LogP contribution in [0.1, 0.15) is 18.7 Å². The van der Waals surface area contributed by atoms with Crippen molar-refractivity contribution in [3.05, 3.63) is 5.82 Å². The van der Waals surface area contributed by atoms with E-state index >= 15 is 0 Å². The molecular weight excluding hydrogens is 292 g/mol. The molecule has 8 heteroatoms. The van der Waals surface area contributed by atoms with Gasteiger partial charge in [-0.2, -0.15) is 4.37 Å². The molecule has 3 rings (SSSR count). The predicted molar refractivity (Wildman–Crippen MR) is 78.4 cm³/mol. The second-order valence-corrected chi connectivity index (χ2v) is 5.97. The number of methoxy groups -OCH3 is 1. The molecule has 116 valence electrons. The van der Waals surface area contributed by atoms with Crippen molar-refractivity contribution >= 4 is 22.6 Å². The summed E-state index contributed by atoms with van der Waals surface area (Å²) in [5.41, 5.74) is 0. The largest absolute Gasteiger partial charge is 0.377 e. The third-order valence-corrected chi connectivity index (χ3v) is 4.61. The summed E-state index contributed by atoms with van der Waals surface area (Å²) in [7, 11) is 1.64. The van der Waals surface area contributed by atoms with Gasteiger partial charge in [0.2, 0.25) is 5.13 Å².